The minimum absolute atomic E-state index is 0.181. The van der Waals surface area contributed by atoms with Crippen LogP contribution in [0.5, 0.6) is 0 Å². The molecule has 2 aliphatic heterocycles. The van der Waals surface area contributed by atoms with Crippen molar-refractivity contribution in [2.75, 3.05) is 11.4 Å². The Morgan fingerprint density at radius 3 is 2.63 bits per heavy atom. The predicted molar refractivity (Wildman–Crippen MR) is 70.8 cm³/mol. The van der Waals surface area contributed by atoms with Gasteiger partial charge >= 0.3 is 0 Å². The summed E-state index contributed by atoms with van der Waals surface area (Å²) in [5.41, 5.74) is 1.53. The van der Waals surface area contributed by atoms with Gasteiger partial charge in [-0.3, -0.25) is 9.59 Å². The molecule has 3 heterocycles. The Morgan fingerprint density at radius 1 is 1.21 bits per heavy atom. The molecule has 6 heteroatoms. The molecule has 0 saturated carbocycles. The van der Waals surface area contributed by atoms with Crippen LogP contribution >= 0.6 is 11.3 Å². The van der Waals surface area contributed by atoms with Gasteiger partial charge in [0.05, 0.1) is 5.56 Å². The van der Waals surface area contributed by atoms with Crippen LogP contribution < -0.4 is 10.2 Å². The van der Waals surface area contributed by atoms with Crippen molar-refractivity contribution in [3.05, 3.63) is 16.0 Å². The zero-order valence-corrected chi connectivity index (χ0v) is 11.2. The Kier molecular flexibility index (Phi) is 3.09. The molecule has 1 fully saturated rings. The molecule has 0 unspecified atom stereocenters. The molecule has 2 aliphatic rings. The molecule has 0 atom stereocenters. The fourth-order valence-electron chi connectivity index (χ4n) is 2.57. The number of carbonyl (C=O) groups is 2. The molecule has 5 nitrogen and oxygen atoms in total. The van der Waals surface area contributed by atoms with Crippen molar-refractivity contribution in [2.45, 2.75) is 32.2 Å². The summed E-state index contributed by atoms with van der Waals surface area (Å²) in [6, 6.07) is 2.18. The molecule has 3 rings (SSSR count). The lowest BCUT2D eigenvalue weighted by atomic mass is 10.0. The van der Waals surface area contributed by atoms with Gasteiger partial charge in [0, 0.05) is 24.3 Å². The first-order chi connectivity index (χ1) is 9.22. The van der Waals surface area contributed by atoms with Crippen molar-refractivity contribution < 1.29 is 9.59 Å². The van der Waals surface area contributed by atoms with Crippen LogP contribution in [0.3, 0.4) is 0 Å². The van der Waals surface area contributed by atoms with Gasteiger partial charge in [0.2, 0.25) is 11.8 Å². The van der Waals surface area contributed by atoms with E-state index in [4.69, 9.17) is 0 Å². The van der Waals surface area contributed by atoms with E-state index in [0.717, 1.165) is 23.4 Å². The number of nitrogens with one attached hydrogen (secondary N) is 1. The molecule has 98 valence electrons. The van der Waals surface area contributed by atoms with Crippen LogP contribution in [0.15, 0.2) is 0 Å². The molecule has 1 N–H and O–H groups in total. The Morgan fingerprint density at radius 2 is 1.95 bits per heavy atom. The lowest BCUT2D eigenvalue weighted by molar-refractivity contribution is -0.128. The summed E-state index contributed by atoms with van der Waals surface area (Å²) in [5, 5.41) is 13.1. The molecule has 0 spiro atoms. The highest BCUT2D eigenvalue weighted by molar-refractivity contribution is 7.17. The zero-order chi connectivity index (χ0) is 13.4. The maximum atomic E-state index is 12.0. The number of amides is 2. The number of piperidine rings is 1. The van der Waals surface area contributed by atoms with Crippen LogP contribution in [0.2, 0.25) is 0 Å². The second-order valence-corrected chi connectivity index (χ2v) is 5.78. The summed E-state index contributed by atoms with van der Waals surface area (Å²) in [6.45, 7) is 1.55. The average molecular weight is 275 g/mol. The molecule has 1 saturated heterocycles. The standard InChI is InChI=1S/C13H13N3O2S/c14-6-9-8-4-5-15-7-10(8)19-13(9)16-11(17)2-1-3-12(16)18/h15H,1-5,7H2. The van der Waals surface area contributed by atoms with Crippen molar-refractivity contribution >= 4 is 28.2 Å². The topological polar surface area (TPSA) is 73.2 Å². The summed E-state index contributed by atoms with van der Waals surface area (Å²) in [4.78, 5) is 26.2. The molecular weight excluding hydrogens is 262 g/mol. The third kappa shape index (κ3) is 1.95. The van der Waals surface area contributed by atoms with Crippen LogP contribution in [0.25, 0.3) is 0 Å². The highest BCUT2D eigenvalue weighted by Gasteiger charge is 2.33. The van der Waals surface area contributed by atoms with Crippen LogP contribution in [-0.2, 0) is 22.6 Å². The summed E-state index contributed by atoms with van der Waals surface area (Å²) < 4.78 is 0. The van der Waals surface area contributed by atoms with Gasteiger partial charge in [-0.15, -0.1) is 11.3 Å². The smallest absolute Gasteiger partial charge is 0.234 e. The SMILES string of the molecule is N#Cc1c(N2C(=O)CCCC2=O)sc2c1CCNC2. The fraction of sp³-hybridized carbons (Fsp3) is 0.462. The lowest BCUT2D eigenvalue weighted by Gasteiger charge is -2.23. The summed E-state index contributed by atoms with van der Waals surface area (Å²) in [5.74, 6) is -0.362. The normalized spacial score (nSPS) is 19.2. The van der Waals surface area contributed by atoms with Gasteiger partial charge in [-0.2, -0.15) is 5.26 Å². The van der Waals surface area contributed by atoms with Gasteiger partial charge in [0.1, 0.15) is 11.1 Å². The molecule has 1 aromatic heterocycles. The van der Waals surface area contributed by atoms with Crippen LogP contribution in [-0.4, -0.2) is 18.4 Å². The summed E-state index contributed by atoms with van der Waals surface area (Å²) in [7, 11) is 0. The number of rotatable bonds is 1. The fourth-order valence-corrected chi connectivity index (χ4v) is 3.87. The van der Waals surface area contributed by atoms with E-state index < -0.39 is 0 Å². The van der Waals surface area contributed by atoms with Crippen molar-refractivity contribution in [1.29, 1.82) is 5.26 Å². The van der Waals surface area contributed by atoms with E-state index >= 15 is 0 Å². The number of fused-ring (bicyclic) bond motifs is 1. The molecule has 0 bridgehead atoms. The molecular formula is C13H13N3O2S. The minimum Gasteiger partial charge on any atom is -0.312 e. The highest BCUT2D eigenvalue weighted by atomic mass is 32.1. The Balaban J connectivity index is 2.09. The first kappa shape index (κ1) is 12.3. The van der Waals surface area contributed by atoms with Gasteiger partial charge in [0.25, 0.3) is 0 Å². The average Bonchev–Trinajstić information content (AvgIpc) is 2.76. The molecule has 0 radical (unpaired) electrons. The van der Waals surface area contributed by atoms with Gasteiger partial charge in [-0.1, -0.05) is 0 Å². The number of nitrogens with zero attached hydrogens (tertiary/aromatic N) is 2. The van der Waals surface area contributed by atoms with Gasteiger partial charge in [-0.05, 0) is 24.9 Å². The van der Waals surface area contributed by atoms with E-state index in [1.165, 1.54) is 16.2 Å². The Labute approximate surface area is 114 Å². The number of hydrogen-bond acceptors (Lipinski definition) is 5. The number of carbonyl (C=O) groups excluding carboxylic acids is 2. The minimum atomic E-state index is -0.181. The van der Waals surface area contributed by atoms with Crippen molar-refractivity contribution in [2.24, 2.45) is 0 Å². The molecule has 1 aromatic rings. The maximum absolute atomic E-state index is 12.0. The molecule has 19 heavy (non-hydrogen) atoms. The Bertz CT molecular complexity index is 584. The van der Waals surface area contributed by atoms with Gasteiger partial charge in [0.15, 0.2) is 0 Å². The lowest BCUT2D eigenvalue weighted by Crippen LogP contribution is -2.40. The number of nitriles is 1. The van der Waals surface area contributed by atoms with Crippen LogP contribution in [0.1, 0.15) is 35.3 Å². The largest absolute Gasteiger partial charge is 0.312 e. The van der Waals surface area contributed by atoms with Crippen LogP contribution in [0, 0.1) is 11.3 Å². The summed E-state index contributed by atoms with van der Waals surface area (Å²) >= 11 is 1.40. The monoisotopic (exact) mass is 275 g/mol. The molecule has 2 amide bonds. The second-order valence-electron chi connectivity index (χ2n) is 4.70. The third-order valence-electron chi connectivity index (χ3n) is 3.50. The first-order valence-electron chi connectivity index (χ1n) is 6.33. The van der Waals surface area contributed by atoms with E-state index in [0.29, 0.717) is 36.4 Å². The maximum Gasteiger partial charge on any atom is 0.234 e. The second kappa shape index (κ2) is 4.76. The zero-order valence-electron chi connectivity index (χ0n) is 10.4. The predicted octanol–water partition coefficient (Wildman–Crippen LogP) is 1.31. The highest BCUT2D eigenvalue weighted by Crippen LogP contribution is 2.39. The van der Waals surface area contributed by atoms with Crippen molar-refractivity contribution in [3.63, 3.8) is 0 Å². The van der Waals surface area contributed by atoms with E-state index in [2.05, 4.69) is 11.4 Å². The van der Waals surface area contributed by atoms with Gasteiger partial charge in [-0.25, -0.2) is 4.90 Å². The third-order valence-corrected chi connectivity index (χ3v) is 4.72. The molecule has 0 aliphatic carbocycles. The molecule has 0 aromatic carbocycles. The van der Waals surface area contributed by atoms with Crippen LogP contribution in [0.4, 0.5) is 5.00 Å². The number of anilines is 1. The van der Waals surface area contributed by atoms with E-state index in [9.17, 15) is 14.9 Å². The number of thiophene rings is 1. The first-order valence-corrected chi connectivity index (χ1v) is 7.15. The van der Waals surface area contributed by atoms with Crippen molar-refractivity contribution in [1.82, 2.24) is 5.32 Å². The Hall–Kier alpha value is -1.71. The van der Waals surface area contributed by atoms with Crippen molar-refractivity contribution in [3.8, 4) is 6.07 Å². The van der Waals surface area contributed by atoms with Gasteiger partial charge < -0.3 is 5.32 Å². The number of hydrogen-bond donors (Lipinski definition) is 1. The summed E-state index contributed by atoms with van der Waals surface area (Å²) in [6.07, 6.45) is 2.17. The number of imide groups is 1. The van der Waals surface area contributed by atoms with E-state index in [1.807, 2.05) is 0 Å². The quantitative estimate of drug-likeness (QED) is 0.784. The van der Waals surface area contributed by atoms with E-state index in [-0.39, 0.29) is 11.8 Å². The van der Waals surface area contributed by atoms with E-state index in [1.54, 1.807) is 0 Å².